The molecule has 1 heterocycles. The van der Waals surface area contributed by atoms with E-state index in [1.807, 2.05) is 13.8 Å². The molecule has 0 spiro atoms. The van der Waals surface area contributed by atoms with Crippen LogP contribution in [0.25, 0.3) is 0 Å². The van der Waals surface area contributed by atoms with Gasteiger partial charge in [0.05, 0.1) is 12.5 Å². The lowest BCUT2D eigenvalue weighted by atomic mass is 9.99. The molecule has 6 nitrogen and oxygen atoms in total. The van der Waals surface area contributed by atoms with Gasteiger partial charge in [0, 0.05) is 7.11 Å². The first-order valence-electron chi connectivity index (χ1n) is 12.1. The quantitative estimate of drug-likeness (QED) is 0.210. The molecule has 0 saturated carbocycles. The van der Waals surface area contributed by atoms with E-state index in [-0.39, 0.29) is 28.4 Å². The molecule has 33 heavy (non-hydrogen) atoms. The third kappa shape index (κ3) is 7.73. The van der Waals surface area contributed by atoms with Crippen molar-refractivity contribution in [1.29, 1.82) is 0 Å². The first-order valence-corrected chi connectivity index (χ1v) is 17.9. The van der Waals surface area contributed by atoms with Gasteiger partial charge >= 0.3 is 5.97 Å². The molecule has 0 aromatic carbocycles. The summed E-state index contributed by atoms with van der Waals surface area (Å²) in [5.41, 5.74) is 0. The Morgan fingerprint density at radius 3 is 1.82 bits per heavy atom. The van der Waals surface area contributed by atoms with Crippen molar-refractivity contribution in [2.24, 2.45) is 5.92 Å². The summed E-state index contributed by atoms with van der Waals surface area (Å²) in [5, 5.41) is -0.0357. The molecule has 0 unspecified atom stereocenters. The lowest BCUT2D eigenvalue weighted by Crippen LogP contribution is -2.65. The summed E-state index contributed by atoms with van der Waals surface area (Å²) in [6, 6.07) is 0. The summed E-state index contributed by atoms with van der Waals surface area (Å²) < 4.78 is 31.8. The van der Waals surface area contributed by atoms with Gasteiger partial charge in [-0.3, -0.25) is 4.79 Å². The van der Waals surface area contributed by atoms with Gasteiger partial charge in [-0.15, -0.1) is 6.58 Å². The molecule has 194 valence electrons. The number of carbonyl (C=O) groups is 1. The van der Waals surface area contributed by atoms with Crippen LogP contribution in [-0.4, -0.2) is 60.4 Å². The van der Waals surface area contributed by atoms with Gasteiger partial charge in [0.2, 0.25) is 0 Å². The highest BCUT2D eigenvalue weighted by atomic mass is 28.4. The smallest absolute Gasteiger partial charge is 0.306 e. The topological polar surface area (TPSA) is 63.2 Å². The predicted molar refractivity (Wildman–Crippen MR) is 139 cm³/mol. The van der Waals surface area contributed by atoms with E-state index < -0.39 is 47.3 Å². The van der Waals surface area contributed by atoms with Gasteiger partial charge in [0.15, 0.2) is 29.0 Å². The molecular weight excluding hydrogens is 452 g/mol. The Hall–Kier alpha value is -0.516. The molecule has 1 fully saturated rings. The number of esters is 1. The maximum absolute atomic E-state index is 12.8. The number of hydrogen-bond donors (Lipinski definition) is 0. The second-order valence-electron chi connectivity index (χ2n) is 12.5. The van der Waals surface area contributed by atoms with Gasteiger partial charge in [-0.25, -0.2) is 0 Å². The summed E-state index contributed by atoms with van der Waals surface area (Å²) in [4.78, 5) is 12.8. The SMILES string of the molecule is C=C[C@H](C)CC(=O)O[C@H]1[C@H](O[Si](C)(C)C(C)(C)C)[C@@H](O[Si](C)(C)C(C)(C)C)[C@@H](OC)O[C@@H]1C. The average molecular weight is 503 g/mol. The van der Waals surface area contributed by atoms with Crippen LogP contribution in [0.5, 0.6) is 0 Å². The Bertz CT molecular complexity index is 665. The molecule has 1 aliphatic heterocycles. The Kier molecular flexibility index (Phi) is 10.2. The van der Waals surface area contributed by atoms with Crippen LogP contribution in [-0.2, 0) is 27.9 Å². The van der Waals surface area contributed by atoms with E-state index in [0.717, 1.165) is 0 Å². The van der Waals surface area contributed by atoms with Crippen LogP contribution in [0.3, 0.4) is 0 Å². The van der Waals surface area contributed by atoms with Gasteiger partial charge in [-0.2, -0.15) is 0 Å². The normalized spacial score (nSPS) is 28.3. The minimum atomic E-state index is -2.24. The van der Waals surface area contributed by atoms with E-state index in [9.17, 15) is 4.79 Å². The highest BCUT2D eigenvalue weighted by molar-refractivity contribution is 6.74. The van der Waals surface area contributed by atoms with Crippen molar-refractivity contribution < 1.29 is 27.9 Å². The molecule has 0 amide bonds. The monoisotopic (exact) mass is 502 g/mol. The molecule has 1 aliphatic rings. The van der Waals surface area contributed by atoms with Crippen LogP contribution in [0.1, 0.15) is 61.8 Å². The number of hydrogen-bond acceptors (Lipinski definition) is 6. The van der Waals surface area contributed by atoms with Crippen LogP contribution in [0, 0.1) is 5.92 Å². The third-order valence-corrected chi connectivity index (χ3v) is 16.5. The van der Waals surface area contributed by atoms with Crippen molar-refractivity contribution in [2.45, 2.75) is 129 Å². The summed E-state index contributed by atoms with van der Waals surface area (Å²) in [5.74, 6) is -0.253. The summed E-state index contributed by atoms with van der Waals surface area (Å²) >= 11 is 0. The van der Waals surface area contributed by atoms with Gasteiger partial charge in [0.1, 0.15) is 12.2 Å². The molecule has 8 heteroatoms. The summed E-state index contributed by atoms with van der Waals surface area (Å²) in [6.07, 6.45) is -0.563. The molecule has 0 radical (unpaired) electrons. The van der Waals surface area contributed by atoms with Crippen LogP contribution in [0.4, 0.5) is 0 Å². The van der Waals surface area contributed by atoms with Crippen LogP contribution >= 0.6 is 0 Å². The van der Waals surface area contributed by atoms with Gasteiger partial charge in [-0.1, -0.05) is 54.5 Å². The molecular formula is C25H50O6Si2. The maximum Gasteiger partial charge on any atom is 0.306 e. The Morgan fingerprint density at radius 2 is 1.42 bits per heavy atom. The average Bonchev–Trinajstić information content (AvgIpc) is 2.64. The fourth-order valence-electron chi connectivity index (χ4n) is 3.16. The number of rotatable bonds is 9. The Balaban J connectivity index is 3.45. The first kappa shape index (κ1) is 30.5. The number of allylic oxidation sites excluding steroid dienone is 1. The van der Waals surface area contributed by atoms with Crippen LogP contribution in [0.2, 0.25) is 36.3 Å². The molecule has 6 atom stereocenters. The first-order chi connectivity index (χ1) is 14.8. The number of carbonyl (C=O) groups excluding carboxylic acids is 1. The highest BCUT2D eigenvalue weighted by Gasteiger charge is 2.54. The fraction of sp³-hybridized carbons (Fsp3) is 0.880. The Labute approximate surface area is 205 Å². The molecule has 0 bridgehead atoms. The second kappa shape index (κ2) is 11.0. The van der Waals surface area contributed by atoms with E-state index in [4.69, 9.17) is 23.1 Å². The van der Waals surface area contributed by atoms with Crippen molar-refractivity contribution in [3.8, 4) is 0 Å². The lowest BCUT2D eigenvalue weighted by molar-refractivity contribution is -0.282. The molecule has 1 saturated heterocycles. The van der Waals surface area contributed by atoms with Crippen molar-refractivity contribution in [2.75, 3.05) is 7.11 Å². The predicted octanol–water partition coefficient (Wildman–Crippen LogP) is 6.28. The van der Waals surface area contributed by atoms with E-state index in [0.29, 0.717) is 0 Å². The zero-order valence-electron chi connectivity index (χ0n) is 23.4. The number of methoxy groups -OCH3 is 1. The van der Waals surface area contributed by atoms with E-state index in [1.165, 1.54) is 0 Å². The third-order valence-electron chi connectivity index (χ3n) is 7.59. The van der Waals surface area contributed by atoms with Gasteiger partial charge in [-0.05, 0) is 49.1 Å². The van der Waals surface area contributed by atoms with E-state index in [2.05, 4.69) is 74.3 Å². The molecule has 1 rings (SSSR count). The number of ether oxygens (including phenoxy) is 3. The lowest BCUT2D eigenvalue weighted by Gasteiger charge is -2.51. The molecule has 0 aliphatic carbocycles. The molecule has 0 aromatic heterocycles. The van der Waals surface area contributed by atoms with Crippen molar-refractivity contribution in [3.63, 3.8) is 0 Å². The van der Waals surface area contributed by atoms with Gasteiger partial charge < -0.3 is 23.1 Å². The zero-order chi connectivity index (χ0) is 26.0. The molecule has 0 N–H and O–H groups in total. The minimum absolute atomic E-state index is 0.0125. The van der Waals surface area contributed by atoms with E-state index >= 15 is 0 Å². The standard InChI is InChI=1S/C25H50O6Si2/c1-15-17(2)16-19(26)29-20-18(3)28-23(27-10)22(31-33(13,14)25(7,8)9)21(20)30-32(11,12)24(4,5)6/h15,17-18,20-23H,1,16H2,2-14H3/t17-,18+,20+,21-,22+,23-/m0/s1. The largest absolute Gasteiger partial charge is 0.457 e. The fourth-order valence-corrected chi connectivity index (χ4v) is 5.75. The maximum atomic E-state index is 12.8. The Morgan fingerprint density at radius 1 is 0.970 bits per heavy atom. The van der Waals surface area contributed by atoms with Crippen molar-refractivity contribution in [3.05, 3.63) is 12.7 Å². The summed E-state index contributed by atoms with van der Waals surface area (Å²) in [7, 11) is -2.83. The highest BCUT2D eigenvalue weighted by Crippen LogP contribution is 2.43. The molecule has 0 aromatic rings. The second-order valence-corrected chi connectivity index (χ2v) is 22.0. The summed E-state index contributed by atoms with van der Waals surface area (Å²) in [6.45, 7) is 29.7. The van der Waals surface area contributed by atoms with E-state index in [1.54, 1.807) is 13.2 Å². The van der Waals surface area contributed by atoms with Crippen LogP contribution < -0.4 is 0 Å². The van der Waals surface area contributed by atoms with Crippen LogP contribution in [0.15, 0.2) is 12.7 Å². The van der Waals surface area contributed by atoms with Crippen molar-refractivity contribution in [1.82, 2.24) is 0 Å². The van der Waals surface area contributed by atoms with Gasteiger partial charge in [0.25, 0.3) is 0 Å². The van der Waals surface area contributed by atoms with Crippen molar-refractivity contribution >= 4 is 22.6 Å². The zero-order valence-corrected chi connectivity index (χ0v) is 25.4. The minimum Gasteiger partial charge on any atom is -0.457 e.